The van der Waals surface area contributed by atoms with E-state index in [2.05, 4.69) is 0 Å². The molecule has 3 aromatic rings. The third kappa shape index (κ3) is 4.42. The second-order valence-electron chi connectivity index (χ2n) is 7.88. The first kappa shape index (κ1) is 21.7. The number of rotatable bonds is 5. The van der Waals surface area contributed by atoms with E-state index in [4.69, 9.17) is 20.8 Å². The number of piperazine rings is 1. The van der Waals surface area contributed by atoms with Crippen LogP contribution in [-0.2, 0) is 14.8 Å². The minimum Gasteiger partial charge on any atom is -0.478 e. The van der Waals surface area contributed by atoms with Gasteiger partial charge in [-0.3, -0.25) is 4.79 Å². The van der Waals surface area contributed by atoms with Gasteiger partial charge >= 0.3 is 0 Å². The van der Waals surface area contributed by atoms with Gasteiger partial charge in [0.1, 0.15) is 11.3 Å². The third-order valence-corrected chi connectivity index (χ3v) is 7.44. The quantitative estimate of drug-likeness (QED) is 0.576. The van der Waals surface area contributed by atoms with E-state index in [0.717, 1.165) is 5.39 Å². The molecule has 164 valence electrons. The Bertz CT molecular complexity index is 1200. The minimum absolute atomic E-state index is 0.195. The SMILES string of the molecule is CC(C)(Oc1ccc(Cl)cc1)C(=O)N1CCN(S(=O)(=O)c2ccc3occc3c2)CC1. The fraction of sp³-hybridized carbons (Fsp3) is 0.318. The standard InChI is InChI=1S/C22H23ClN2O5S/c1-22(2,30-18-5-3-17(23)4-6-18)21(26)24-10-12-25(13-11-24)31(27,28)19-7-8-20-16(15-19)9-14-29-20/h3-9,14-15H,10-13H2,1-2H3. The molecule has 0 radical (unpaired) electrons. The lowest BCUT2D eigenvalue weighted by Crippen LogP contribution is -2.56. The highest BCUT2D eigenvalue weighted by molar-refractivity contribution is 7.89. The number of nitrogens with zero attached hydrogens (tertiary/aromatic N) is 2. The Balaban J connectivity index is 1.42. The lowest BCUT2D eigenvalue weighted by Gasteiger charge is -2.38. The Morgan fingerprint density at radius 1 is 1.03 bits per heavy atom. The molecule has 0 saturated carbocycles. The first-order valence-electron chi connectivity index (χ1n) is 9.88. The molecule has 1 fully saturated rings. The summed E-state index contributed by atoms with van der Waals surface area (Å²) < 4.78 is 38.7. The zero-order chi connectivity index (χ0) is 22.2. The van der Waals surface area contributed by atoms with Gasteiger partial charge < -0.3 is 14.1 Å². The first-order valence-corrected chi connectivity index (χ1v) is 11.7. The van der Waals surface area contributed by atoms with Crippen LogP contribution >= 0.6 is 11.6 Å². The molecule has 1 saturated heterocycles. The molecule has 9 heteroatoms. The lowest BCUT2D eigenvalue weighted by atomic mass is 10.1. The molecule has 4 rings (SSSR count). The number of ether oxygens (including phenoxy) is 1. The Hall–Kier alpha value is -2.55. The molecule has 2 aromatic carbocycles. The zero-order valence-electron chi connectivity index (χ0n) is 17.2. The molecule has 1 amide bonds. The predicted molar refractivity (Wildman–Crippen MR) is 118 cm³/mol. The van der Waals surface area contributed by atoms with Crippen LogP contribution in [0.15, 0.2) is 64.1 Å². The lowest BCUT2D eigenvalue weighted by molar-refractivity contribution is -0.146. The first-order chi connectivity index (χ1) is 14.7. The summed E-state index contributed by atoms with van der Waals surface area (Å²) in [6.45, 7) is 4.42. The number of halogens is 1. The summed E-state index contributed by atoms with van der Waals surface area (Å²) >= 11 is 5.90. The molecular formula is C22H23ClN2O5S. The van der Waals surface area contributed by atoms with E-state index in [1.54, 1.807) is 67.3 Å². The van der Waals surface area contributed by atoms with E-state index in [0.29, 0.717) is 29.4 Å². The van der Waals surface area contributed by atoms with Crippen molar-refractivity contribution in [2.24, 2.45) is 0 Å². The minimum atomic E-state index is -3.66. The molecule has 0 bridgehead atoms. The summed E-state index contributed by atoms with van der Waals surface area (Å²) in [5.41, 5.74) is -0.460. The number of carbonyl (C=O) groups is 1. The van der Waals surface area contributed by atoms with Crippen molar-refractivity contribution >= 4 is 38.5 Å². The van der Waals surface area contributed by atoms with Crippen LogP contribution in [0.25, 0.3) is 11.0 Å². The van der Waals surface area contributed by atoms with Crippen LogP contribution < -0.4 is 4.74 Å². The number of furan rings is 1. The molecule has 0 N–H and O–H groups in total. The molecular weight excluding hydrogens is 440 g/mol. The number of amides is 1. The molecule has 1 aliphatic heterocycles. The Labute approximate surface area is 186 Å². The van der Waals surface area contributed by atoms with Gasteiger partial charge in [0.2, 0.25) is 10.0 Å². The highest BCUT2D eigenvalue weighted by Gasteiger charge is 2.37. The molecule has 7 nitrogen and oxygen atoms in total. The van der Waals surface area contributed by atoms with E-state index < -0.39 is 15.6 Å². The molecule has 0 atom stereocenters. The Kier molecular flexibility index (Phi) is 5.72. The number of carbonyl (C=O) groups excluding carboxylic acids is 1. The van der Waals surface area contributed by atoms with Crippen molar-refractivity contribution < 1.29 is 22.4 Å². The summed E-state index contributed by atoms with van der Waals surface area (Å²) in [5, 5.41) is 1.32. The summed E-state index contributed by atoms with van der Waals surface area (Å²) in [6.07, 6.45) is 1.53. The third-order valence-electron chi connectivity index (χ3n) is 5.29. The number of benzene rings is 2. The summed E-state index contributed by atoms with van der Waals surface area (Å²) in [7, 11) is -3.66. The molecule has 0 aliphatic carbocycles. The largest absolute Gasteiger partial charge is 0.478 e. The van der Waals surface area contributed by atoms with Crippen LogP contribution in [0.5, 0.6) is 5.75 Å². The van der Waals surface area contributed by atoms with Crippen LogP contribution in [0.1, 0.15) is 13.8 Å². The monoisotopic (exact) mass is 462 g/mol. The second-order valence-corrected chi connectivity index (χ2v) is 10.3. The zero-order valence-corrected chi connectivity index (χ0v) is 18.8. The normalized spacial score (nSPS) is 15.9. The van der Waals surface area contributed by atoms with Crippen molar-refractivity contribution in [1.29, 1.82) is 0 Å². The van der Waals surface area contributed by atoms with Gasteiger partial charge in [0.25, 0.3) is 5.91 Å². The Morgan fingerprint density at radius 3 is 2.39 bits per heavy atom. The van der Waals surface area contributed by atoms with Crippen LogP contribution in [0, 0.1) is 0 Å². The summed E-state index contributed by atoms with van der Waals surface area (Å²) in [5.74, 6) is 0.345. The van der Waals surface area contributed by atoms with Crippen LogP contribution in [0.3, 0.4) is 0 Å². The maximum Gasteiger partial charge on any atom is 0.266 e. The van der Waals surface area contributed by atoms with Crippen molar-refractivity contribution in [3.05, 3.63) is 59.8 Å². The van der Waals surface area contributed by atoms with Crippen LogP contribution in [0.2, 0.25) is 5.02 Å². The van der Waals surface area contributed by atoms with Crippen molar-refractivity contribution in [3.63, 3.8) is 0 Å². The average molecular weight is 463 g/mol. The van der Waals surface area contributed by atoms with Crippen LogP contribution in [0.4, 0.5) is 0 Å². The molecule has 1 aromatic heterocycles. The van der Waals surface area contributed by atoms with Crippen molar-refractivity contribution in [2.75, 3.05) is 26.2 Å². The Morgan fingerprint density at radius 2 is 1.71 bits per heavy atom. The smallest absolute Gasteiger partial charge is 0.266 e. The van der Waals surface area contributed by atoms with E-state index in [9.17, 15) is 13.2 Å². The van der Waals surface area contributed by atoms with Gasteiger partial charge in [0.05, 0.1) is 11.2 Å². The van der Waals surface area contributed by atoms with Gasteiger partial charge in [-0.2, -0.15) is 4.31 Å². The van der Waals surface area contributed by atoms with Gasteiger partial charge in [-0.05, 0) is 62.4 Å². The highest BCUT2D eigenvalue weighted by atomic mass is 35.5. The molecule has 0 unspecified atom stereocenters. The van der Waals surface area contributed by atoms with Gasteiger partial charge in [0.15, 0.2) is 5.60 Å². The van der Waals surface area contributed by atoms with Gasteiger partial charge in [-0.25, -0.2) is 8.42 Å². The molecule has 2 heterocycles. The van der Waals surface area contributed by atoms with Crippen LogP contribution in [-0.4, -0.2) is 55.3 Å². The molecule has 0 spiro atoms. The van der Waals surface area contributed by atoms with Gasteiger partial charge in [-0.1, -0.05) is 11.6 Å². The maximum absolute atomic E-state index is 13.1. The number of hydrogen-bond donors (Lipinski definition) is 0. The number of sulfonamides is 1. The number of hydrogen-bond acceptors (Lipinski definition) is 5. The highest BCUT2D eigenvalue weighted by Crippen LogP contribution is 2.25. The van der Waals surface area contributed by atoms with Crippen molar-refractivity contribution in [1.82, 2.24) is 9.21 Å². The fourth-order valence-corrected chi connectivity index (χ4v) is 5.19. The number of fused-ring (bicyclic) bond motifs is 1. The molecule has 1 aliphatic rings. The van der Waals surface area contributed by atoms with E-state index >= 15 is 0 Å². The van der Waals surface area contributed by atoms with E-state index in [1.165, 1.54) is 10.6 Å². The van der Waals surface area contributed by atoms with E-state index in [-0.39, 0.29) is 23.9 Å². The van der Waals surface area contributed by atoms with E-state index in [1.807, 2.05) is 0 Å². The van der Waals surface area contributed by atoms with Gasteiger partial charge in [0, 0.05) is 36.6 Å². The molecule has 31 heavy (non-hydrogen) atoms. The predicted octanol–water partition coefficient (Wildman–Crippen LogP) is 3.78. The maximum atomic E-state index is 13.1. The van der Waals surface area contributed by atoms with Gasteiger partial charge in [-0.15, -0.1) is 0 Å². The average Bonchev–Trinajstić information content (AvgIpc) is 3.23. The summed E-state index contributed by atoms with van der Waals surface area (Å²) in [4.78, 5) is 14.9. The van der Waals surface area contributed by atoms with Crippen molar-refractivity contribution in [3.8, 4) is 5.75 Å². The fourth-order valence-electron chi connectivity index (χ4n) is 3.61. The van der Waals surface area contributed by atoms with Crippen molar-refractivity contribution in [2.45, 2.75) is 24.3 Å². The topological polar surface area (TPSA) is 80.1 Å². The summed E-state index contributed by atoms with van der Waals surface area (Å²) in [6, 6.07) is 13.3. The second kappa shape index (κ2) is 8.18.